The Bertz CT molecular complexity index is 1500. The summed E-state index contributed by atoms with van der Waals surface area (Å²) in [6.07, 6.45) is 3.35. The van der Waals surface area contributed by atoms with Gasteiger partial charge in [0, 0.05) is 43.5 Å². The van der Waals surface area contributed by atoms with Crippen molar-refractivity contribution >= 4 is 63.1 Å². The summed E-state index contributed by atoms with van der Waals surface area (Å²) < 4.78 is 32.7. The lowest BCUT2D eigenvalue weighted by Crippen LogP contribution is -2.31. The normalized spacial score (nSPS) is 16.1. The molecule has 1 amide bonds. The van der Waals surface area contributed by atoms with Gasteiger partial charge >= 0.3 is 5.97 Å². The molecule has 1 aliphatic rings. The predicted octanol–water partition coefficient (Wildman–Crippen LogP) is 2.72. The van der Waals surface area contributed by atoms with Gasteiger partial charge in [-0.15, -0.1) is 12.4 Å². The molecule has 1 aliphatic heterocycles. The summed E-state index contributed by atoms with van der Waals surface area (Å²) in [5.41, 5.74) is 7.56. The van der Waals surface area contributed by atoms with Crippen molar-refractivity contribution < 1.29 is 22.7 Å². The van der Waals surface area contributed by atoms with Crippen LogP contribution in [0.25, 0.3) is 5.65 Å². The van der Waals surface area contributed by atoms with E-state index < -0.39 is 27.9 Å². The van der Waals surface area contributed by atoms with E-state index in [0.717, 1.165) is 12.7 Å². The second-order valence-corrected chi connectivity index (χ2v) is 11.4. The average molecular weight is 601 g/mol. The van der Waals surface area contributed by atoms with E-state index in [9.17, 15) is 18.0 Å². The molecule has 0 spiro atoms. The van der Waals surface area contributed by atoms with Gasteiger partial charge < -0.3 is 20.3 Å². The predicted molar refractivity (Wildman–Crippen MR) is 151 cm³/mol. The molecule has 1 fully saturated rings. The third-order valence-electron chi connectivity index (χ3n) is 6.30. The summed E-state index contributed by atoms with van der Waals surface area (Å²) >= 11 is 6.11. The molecule has 39 heavy (non-hydrogen) atoms. The summed E-state index contributed by atoms with van der Waals surface area (Å²) in [4.78, 5) is 34.2. The van der Waals surface area contributed by atoms with Gasteiger partial charge in [-0.25, -0.2) is 22.7 Å². The highest BCUT2D eigenvalue weighted by Crippen LogP contribution is 2.29. The third-order valence-corrected chi connectivity index (χ3v) is 7.13. The van der Waals surface area contributed by atoms with Crippen LogP contribution in [0.4, 0.5) is 11.5 Å². The first-order valence-electron chi connectivity index (χ1n) is 12.0. The first-order valence-corrected chi connectivity index (χ1v) is 14.3. The number of halogens is 2. The first kappa shape index (κ1) is 30.4. The lowest BCUT2D eigenvalue weighted by atomic mass is 10.1. The van der Waals surface area contributed by atoms with Gasteiger partial charge in [0.25, 0.3) is 5.91 Å². The molecule has 0 saturated carbocycles. The Morgan fingerprint density at radius 1 is 1.31 bits per heavy atom. The molecule has 3 heterocycles. The molecule has 2 atom stereocenters. The van der Waals surface area contributed by atoms with Crippen LogP contribution in [-0.2, 0) is 14.8 Å². The summed E-state index contributed by atoms with van der Waals surface area (Å²) in [6.45, 7) is 4.94. The van der Waals surface area contributed by atoms with E-state index in [1.807, 2.05) is 4.90 Å². The average Bonchev–Trinajstić information content (AvgIpc) is 3.48. The Labute approximate surface area is 237 Å². The molecule has 212 valence electrons. The number of sulfonamides is 1. The molecule has 0 aliphatic carbocycles. The van der Waals surface area contributed by atoms with E-state index in [-0.39, 0.29) is 46.9 Å². The zero-order valence-electron chi connectivity index (χ0n) is 21.9. The number of rotatable bonds is 8. The number of carbonyl (C=O) groups is 2. The van der Waals surface area contributed by atoms with Crippen LogP contribution in [0.2, 0.25) is 5.02 Å². The van der Waals surface area contributed by atoms with Crippen molar-refractivity contribution in [1.29, 1.82) is 0 Å². The van der Waals surface area contributed by atoms with Crippen LogP contribution in [0.5, 0.6) is 0 Å². The number of nitrogens with one attached hydrogen (secondary N) is 1. The number of aromatic nitrogens is 3. The van der Waals surface area contributed by atoms with Crippen molar-refractivity contribution in [1.82, 2.24) is 19.5 Å². The van der Waals surface area contributed by atoms with Crippen LogP contribution in [0, 0.1) is 0 Å². The second kappa shape index (κ2) is 11.9. The van der Waals surface area contributed by atoms with E-state index >= 15 is 0 Å². The van der Waals surface area contributed by atoms with Crippen LogP contribution in [0.3, 0.4) is 0 Å². The van der Waals surface area contributed by atoms with Gasteiger partial charge in [-0.3, -0.25) is 9.52 Å². The molecule has 0 unspecified atom stereocenters. The molecule has 0 radical (unpaired) electrons. The monoisotopic (exact) mass is 599 g/mol. The number of amides is 1. The topological polar surface area (TPSA) is 152 Å². The second-order valence-electron chi connectivity index (χ2n) is 9.22. The number of hydrogen-bond acceptors (Lipinski definition) is 9. The Kier molecular flexibility index (Phi) is 9.31. The fourth-order valence-corrected chi connectivity index (χ4v) is 5.00. The summed E-state index contributed by atoms with van der Waals surface area (Å²) in [5, 5.41) is 4.85. The summed E-state index contributed by atoms with van der Waals surface area (Å²) in [6, 6.07) is 5.52. The van der Waals surface area contributed by atoms with Crippen LogP contribution in [-0.4, -0.2) is 78.8 Å². The van der Waals surface area contributed by atoms with Gasteiger partial charge in [0.2, 0.25) is 10.0 Å². The molecular formula is C24H31Cl2N7O5S. The number of benzene rings is 1. The fraction of sp³-hybridized carbons (Fsp3) is 0.417. The number of anilines is 2. The number of ether oxygens (including phenoxy) is 1. The molecule has 2 aromatic heterocycles. The quantitative estimate of drug-likeness (QED) is 0.372. The lowest BCUT2D eigenvalue weighted by Gasteiger charge is -2.24. The largest absolute Gasteiger partial charge is 0.462 e. The zero-order valence-corrected chi connectivity index (χ0v) is 24.3. The van der Waals surface area contributed by atoms with E-state index in [4.69, 9.17) is 27.1 Å². The number of carbonyl (C=O) groups excluding carboxylic acids is 2. The molecule has 0 bridgehead atoms. The maximum atomic E-state index is 13.4. The molecule has 3 N–H and O–H groups in total. The van der Waals surface area contributed by atoms with Gasteiger partial charge in [0.1, 0.15) is 11.4 Å². The standard InChI is InChI=1S/C24H30ClN7O5S.ClH/c1-5-37-24(34)18-13-32-21(27-22(18)31-9-8-16(26)12-31)11-20(28-32)14(2)30(3)23(33)17-10-15(25)6-7-19(17)29-38(4,35)36;/h6-7,10-11,13-14,16,29H,5,8-9,12,26H2,1-4H3;1H/t14-,16-;/m0./s1. The van der Waals surface area contributed by atoms with Crippen LogP contribution < -0.4 is 15.4 Å². The van der Waals surface area contributed by atoms with Gasteiger partial charge in [-0.05, 0) is 38.5 Å². The van der Waals surface area contributed by atoms with Crippen molar-refractivity contribution in [2.75, 3.05) is 42.6 Å². The molecular weight excluding hydrogens is 569 g/mol. The minimum Gasteiger partial charge on any atom is -0.462 e. The van der Waals surface area contributed by atoms with Crippen LogP contribution in [0.15, 0.2) is 30.5 Å². The summed E-state index contributed by atoms with van der Waals surface area (Å²) in [5.74, 6) is -0.500. The molecule has 12 nitrogen and oxygen atoms in total. The van der Waals surface area contributed by atoms with Crippen molar-refractivity contribution in [2.45, 2.75) is 32.4 Å². The smallest absolute Gasteiger partial charge is 0.343 e. The Morgan fingerprint density at radius 2 is 2.03 bits per heavy atom. The number of esters is 1. The van der Waals surface area contributed by atoms with Gasteiger partial charge in [0.05, 0.1) is 35.8 Å². The highest BCUT2D eigenvalue weighted by atomic mass is 35.5. The lowest BCUT2D eigenvalue weighted by molar-refractivity contribution is 0.0525. The highest BCUT2D eigenvalue weighted by molar-refractivity contribution is 7.92. The zero-order chi connectivity index (χ0) is 27.8. The van der Waals surface area contributed by atoms with E-state index in [0.29, 0.717) is 30.2 Å². The van der Waals surface area contributed by atoms with Crippen molar-refractivity contribution in [2.24, 2.45) is 5.73 Å². The number of nitrogens with two attached hydrogens (primary N) is 1. The Morgan fingerprint density at radius 3 is 2.64 bits per heavy atom. The maximum absolute atomic E-state index is 13.4. The maximum Gasteiger partial charge on any atom is 0.343 e. The molecule has 1 aromatic carbocycles. The van der Waals surface area contributed by atoms with Gasteiger partial charge in [0.15, 0.2) is 5.65 Å². The molecule has 1 saturated heterocycles. The minimum atomic E-state index is -3.63. The first-order chi connectivity index (χ1) is 17.9. The third kappa shape index (κ3) is 6.72. The van der Waals surface area contributed by atoms with Crippen molar-refractivity contribution in [3.63, 3.8) is 0 Å². The van der Waals surface area contributed by atoms with E-state index in [1.165, 1.54) is 27.6 Å². The minimum absolute atomic E-state index is 0. The SMILES string of the molecule is CCOC(=O)c1cn2nc([C@H](C)N(C)C(=O)c3cc(Cl)ccc3NS(C)(=O)=O)cc2nc1N1CC[C@H](N)C1.Cl. The van der Waals surface area contributed by atoms with Crippen LogP contribution >= 0.6 is 24.0 Å². The highest BCUT2D eigenvalue weighted by Gasteiger charge is 2.28. The van der Waals surface area contributed by atoms with Crippen molar-refractivity contribution in [3.05, 3.63) is 52.3 Å². The summed E-state index contributed by atoms with van der Waals surface area (Å²) in [7, 11) is -2.05. The van der Waals surface area contributed by atoms with Gasteiger partial charge in [-0.2, -0.15) is 5.10 Å². The van der Waals surface area contributed by atoms with Crippen LogP contribution in [0.1, 0.15) is 52.7 Å². The number of nitrogens with zero attached hydrogens (tertiary/aromatic N) is 5. The number of hydrogen-bond donors (Lipinski definition) is 2. The molecule has 4 rings (SSSR count). The molecule has 3 aromatic rings. The number of fused-ring (bicyclic) bond motifs is 1. The Hall–Kier alpha value is -3.13. The van der Waals surface area contributed by atoms with E-state index in [1.54, 1.807) is 33.2 Å². The van der Waals surface area contributed by atoms with Crippen molar-refractivity contribution in [3.8, 4) is 0 Å². The fourth-order valence-electron chi connectivity index (χ4n) is 4.25. The van der Waals surface area contributed by atoms with Gasteiger partial charge in [-0.1, -0.05) is 11.6 Å². The Balaban J connectivity index is 0.00000420. The molecule has 15 heteroatoms. The van der Waals surface area contributed by atoms with E-state index in [2.05, 4.69) is 9.82 Å².